The van der Waals surface area contributed by atoms with Crippen molar-refractivity contribution in [1.29, 1.82) is 0 Å². The third-order valence-corrected chi connectivity index (χ3v) is 4.16. The van der Waals surface area contributed by atoms with E-state index < -0.39 is 11.2 Å². The van der Waals surface area contributed by atoms with E-state index in [0.29, 0.717) is 22.2 Å². The van der Waals surface area contributed by atoms with Crippen LogP contribution in [0.4, 0.5) is 0 Å². The second-order valence-electron chi connectivity index (χ2n) is 5.95. The highest BCUT2D eigenvalue weighted by molar-refractivity contribution is 5.97. The molecule has 25 heavy (non-hydrogen) atoms. The minimum absolute atomic E-state index is 0.0494. The summed E-state index contributed by atoms with van der Waals surface area (Å²) in [6, 6.07) is 13.5. The topological polar surface area (TPSA) is 84.0 Å². The number of nitrogens with one attached hydrogen (secondary N) is 2. The number of aromatic amines is 1. The van der Waals surface area contributed by atoms with Crippen LogP contribution in [0.15, 0.2) is 58.1 Å². The molecule has 0 saturated heterocycles. The van der Waals surface area contributed by atoms with Crippen molar-refractivity contribution in [3.63, 3.8) is 0 Å². The standard InChI is InChI=1S/C19H19N3O3/c1-3-12(2)20-17(23)13-9-10-15-16(11-13)21-19(25)22(18(15)24)14-7-5-4-6-8-14/h4-12H,3H2,1-2H3,(H,20,23)(H,21,25). The van der Waals surface area contributed by atoms with Crippen molar-refractivity contribution < 1.29 is 4.79 Å². The van der Waals surface area contributed by atoms with Crippen LogP contribution in [0.3, 0.4) is 0 Å². The van der Waals surface area contributed by atoms with E-state index in [-0.39, 0.29) is 11.9 Å². The van der Waals surface area contributed by atoms with Crippen LogP contribution in [0.1, 0.15) is 30.6 Å². The molecule has 3 rings (SSSR count). The lowest BCUT2D eigenvalue weighted by Gasteiger charge is -2.12. The van der Waals surface area contributed by atoms with Crippen molar-refractivity contribution in [2.24, 2.45) is 0 Å². The Morgan fingerprint density at radius 2 is 1.88 bits per heavy atom. The van der Waals surface area contributed by atoms with Crippen molar-refractivity contribution in [3.8, 4) is 5.69 Å². The second kappa shape index (κ2) is 6.76. The van der Waals surface area contributed by atoms with Gasteiger partial charge in [0.15, 0.2) is 0 Å². The Kier molecular flexibility index (Phi) is 4.52. The number of H-pyrrole nitrogens is 1. The number of carbonyl (C=O) groups excluding carboxylic acids is 1. The first-order chi connectivity index (χ1) is 12.0. The minimum Gasteiger partial charge on any atom is -0.350 e. The summed E-state index contributed by atoms with van der Waals surface area (Å²) >= 11 is 0. The van der Waals surface area contributed by atoms with Crippen LogP contribution >= 0.6 is 0 Å². The highest BCUT2D eigenvalue weighted by atomic mass is 16.2. The van der Waals surface area contributed by atoms with Crippen molar-refractivity contribution in [3.05, 3.63) is 74.9 Å². The number of carbonyl (C=O) groups is 1. The number of hydrogen-bond donors (Lipinski definition) is 2. The molecule has 6 nitrogen and oxygen atoms in total. The molecule has 0 aliphatic rings. The summed E-state index contributed by atoms with van der Waals surface area (Å²) in [5, 5.41) is 3.21. The zero-order valence-electron chi connectivity index (χ0n) is 14.1. The predicted molar refractivity (Wildman–Crippen MR) is 97.4 cm³/mol. The molecule has 0 spiro atoms. The number of aromatic nitrogens is 2. The van der Waals surface area contributed by atoms with Crippen LogP contribution in [-0.4, -0.2) is 21.5 Å². The van der Waals surface area contributed by atoms with Crippen molar-refractivity contribution in [2.45, 2.75) is 26.3 Å². The van der Waals surface area contributed by atoms with Gasteiger partial charge in [-0.25, -0.2) is 9.36 Å². The summed E-state index contributed by atoms with van der Waals surface area (Å²) in [4.78, 5) is 40.0. The SMILES string of the molecule is CCC(C)NC(=O)c1ccc2c(=O)n(-c3ccccc3)c(=O)[nH]c2c1. The fourth-order valence-electron chi connectivity index (χ4n) is 2.58. The number of benzene rings is 2. The zero-order valence-corrected chi connectivity index (χ0v) is 14.1. The number of hydrogen-bond acceptors (Lipinski definition) is 3. The van der Waals surface area contributed by atoms with Gasteiger partial charge < -0.3 is 10.3 Å². The van der Waals surface area contributed by atoms with Crippen molar-refractivity contribution in [2.75, 3.05) is 0 Å². The summed E-state index contributed by atoms with van der Waals surface area (Å²) in [6.45, 7) is 3.90. The van der Waals surface area contributed by atoms with E-state index in [1.165, 1.54) is 6.07 Å². The van der Waals surface area contributed by atoms with Gasteiger partial charge in [-0.3, -0.25) is 9.59 Å². The van der Waals surface area contributed by atoms with E-state index in [1.54, 1.807) is 36.4 Å². The van der Waals surface area contributed by atoms with E-state index in [2.05, 4.69) is 10.3 Å². The fraction of sp³-hybridized carbons (Fsp3) is 0.211. The van der Waals surface area contributed by atoms with Gasteiger partial charge in [-0.15, -0.1) is 0 Å². The van der Waals surface area contributed by atoms with Crippen LogP contribution in [0, 0.1) is 0 Å². The maximum Gasteiger partial charge on any atom is 0.333 e. The Balaban J connectivity index is 2.10. The molecule has 1 atom stereocenters. The Hall–Kier alpha value is -3.15. The number of rotatable bonds is 4. The number of amides is 1. The first-order valence-electron chi connectivity index (χ1n) is 8.16. The average Bonchev–Trinajstić information content (AvgIpc) is 2.62. The summed E-state index contributed by atoms with van der Waals surface area (Å²) < 4.78 is 1.08. The molecule has 0 aliphatic carbocycles. The van der Waals surface area contributed by atoms with Crippen LogP contribution in [0.2, 0.25) is 0 Å². The molecule has 128 valence electrons. The molecule has 1 aromatic heterocycles. The number of nitrogens with zero attached hydrogens (tertiary/aromatic N) is 1. The van der Waals surface area contributed by atoms with Crippen molar-refractivity contribution in [1.82, 2.24) is 14.9 Å². The van der Waals surface area contributed by atoms with Gasteiger partial charge in [0.05, 0.1) is 16.6 Å². The lowest BCUT2D eigenvalue weighted by molar-refractivity contribution is 0.0939. The lowest BCUT2D eigenvalue weighted by Crippen LogP contribution is -2.34. The summed E-state index contributed by atoms with van der Waals surface area (Å²) in [6.07, 6.45) is 0.817. The van der Waals surface area contributed by atoms with Gasteiger partial charge in [0, 0.05) is 11.6 Å². The summed E-state index contributed by atoms with van der Waals surface area (Å²) in [7, 11) is 0. The van der Waals surface area contributed by atoms with Crippen LogP contribution in [0.5, 0.6) is 0 Å². The molecule has 0 radical (unpaired) electrons. The second-order valence-corrected chi connectivity index (χ2v) is 5.95. The molecule has 0 saturated carbocycles. The predicted octanol–water partition coefficient (Wildman–Crippen LogP) is 2.21. The van der Waals surface area contributed by atoms with E-state index in [1.807, 2.05) is 19.9 Å². The first-order valence-corrected chi connectivity index (χ1v) is 8.16. The summed E-state index contributed by atoms with van der Waals surface area (Å²) in [5.41, 5.74) is 0.288. The molecular formula is C19H19N3O3. The van der Waals surface area contributed by atoms with Crippen LogP contribution in [-0.2, 0) is 0 Å². The van der Waals surface area contributed by atoms with Gasteiger partial charge in [-0.2, -0.15) is 0 Å². The van der Waals surface area contributed by atoms with Gasteiger partial charge in [0.2, 0.25) is 0 Å². The van der Waals surface area contributed by atoms with E-state index in [0.717, 1.165) is 11.0 Å². The molecular weight excluding hydrogens is 318 g/mol. The molecule has 1 unspecified atom stereocenters. The van der Waals surface area contributed by atoms with Crippen LogP contribution < -0.4 is 16.6 Å². The quantitative estimate of drug-likeness (QED) is 0.765. The molecule has 0 bridgehead atoms. The highest BCUT2D eigenvalue weighted by Gasteiger charge is 2.13. The third-order valence-electron chi connectivity index (χ3n) is 4.16. The minimum atomic E-state index is -0.539. The Morgan fingerprint density at radius 3 is 2.56 bits per heavy atom. The van der Waals surface area contributed by atoms with Gasteiger partial charge >= 0.3 is 5.69 Å². The Bertz CT molecular complexity index is 1040. The first kappa shape index (κ1) is 16.7. The monoisotopic (exact) mass is 337 g/mol. The molecule has 2 N–H and O–H groups in total. The van der Waals surface area contributed by atoms with Gasteiger partial charge in [0.1, 0.15) is 0 Å². The Labute approximate surface area is 144 Å². The number of para-hydroxylation sites is 1. The molecule has 0 fully saturated rings. The number of fused-ring (bicyclic) bond motifs is 1. The zero-order chi connectivity index (χ0) is 18.0. The molecule has 1 heterocycles. The summed E-state index contributed by atoms with van der Waals surface area (Å²) in [5.74, 6) is -0.232. The third kappa shape index (κ3) is 3.24. The lowest BCUT2D eigenvalue weighted by atomic mass is 10.1. The normalized spacial score (nSPS) is 12.1. The smallest absolute Gasteiger partial charge is 0.333 e. The van der Waals surface area contributed by atoms with Gasteiger partial charge in [0.25, 0.3) is 11.5 Å². The fourth-order valence-corrected chi connectivity index (χ4v) is 2.58. The maximum atomic E-state index is 12.7. The van der Waals surface area contributed by atoms with Crippen molar-refractivity contribution >= 4 is 16.8 Å². The molecule has 3 aromatic rings. The average molecular weight is 337 g/mol. The highest BCUT2D eigenvalue weighted by Crippen LogP contribution is 2.11. The van der Waals surface area contributed by atoms with E-state index >= 15 is 0 Å². The molecule has 6 heteroatoms. The largest absolute Gasteiger partial charge is 0.350 e. The van der Waals surface area contributed by atoms with Gasteiger partial charge in [-0.05, 0) is 43.7 Å². The molecule has 0 aliphatic heterocycles. The Morgan fingerprint density at radius 1 is 1.16 bits per heavy atom. The molecule has 2 aromatic carbocycles. The van der Waals surface area contributed by atoms with E-state index in [4.69, 9.17) is 0 Å². The van der Waals surface area contributed by atoms with Crippen LogP contribution in [0.25, 0.3) is 16.6 Å². The maximum absolute atomic E-state index is 12.7. The van der Waals surface area contributed by atoms with Gasteiger partial charge in [-0.1, -0.05) is 25.1 Å². The molecule has 1 amide bonds. The van der Waals surface area contributed by atoms with E-state index in [9.17, 15) is 14.4 Å².